The van der Waals surface area contributed by atoms with E-state index >= 15 is 0 Å². The summed E-state index contributed by atoms with van der Waals surface area (Å²) in [5.74, 6) is -3.23. The van der Waals surface area contributed by atoms with Gasteiger partial charge in [0.25, 0.3) is 10.1 Å². The van der Waals surface area contributed by atoms with E-state index in [1.807, 2.05) is 0 Å². The van der Waals surface area contributed by atoms with Gasteiger partial charge in [0.15, 0.2) is 15.8 Å². The molecular formula is C18H18CuN4O13S3+2. The van der Waals surface area contributed by atoms with Crippen molar-refractivity contribution in [3.63, 3.8) is 0 Å². The molecule has 0 atom stereocenters. The maximum absolute atomic E-state index is 12.8. The summed E-state index contributed by atoms with van der Waals surface area (Å²) in [7, 11) is -13.7. The summed E-state index contributed by atoms with van der Waals surface area (Å²) in [6.07, 6.45) is 0. The number of hydrogen-bond acceptors (Lipinski definition) is 13. The average Bonchev–Trinajstić information content (AvgIpc) is 3.13. The Morgan fingerprint density at radius 3 is 2.15 bits per heavy atom. The zero-order valence-electron chi connectivity index (χ0n) is 21.7. The number of aromatic nitrogens is 2. The van der Waals surface area contributed by atoms with E-state index in [9.17, 15) is 45.1 Å². The summed E-state index contributed by atoms with van der Waals surface area (Å²) >= 11 is 0. The Labute approximate surface area is 234 Å². The van der Waals surface area contributed by atoms with Gasteiger partial charge >= 0.3 is 14.7 Å². The Morgan fingerprint density at radius 1 is 1.03 bits per heavy atom. The predicted molar refractivity (Wildman–Crippen MR) is 127 cm³/mol. The molecule has 1 heterocycles. The fourth-order valence-electron chi connectivity index (χ4n) is 2.81. The van der Waals surface area contributed by atoms with E-state index < -0.39 is 86.9 Å². The maximum Gasteiger partial charge on any atom is 1.00 e. The van der Waals surface area contributed by atoms with Crippen LogP contribution < -0.4 is 5.56 Å². The Bertz CT molecular complexity index is 1830. The number of carboxylic acid groups (broad SMARTS) is 1. The number of hydrogen-bond donors (Lipinski definition) is 4. The molecule has 0 fully saturated rings. The molecule has 2 aromatic carbocycles. The van der Waals surface area contributed by atoms with Crippen LogP contribution in [0.4, 0.5) is 11.4 Å². The first-order chi connectivity index (χ1) is 17.5. The second-order valence-corrected chi connectivity index (χ2v) is 11.7. The Hall–Kier alpha value is -3.43. The van der Waals surface area contributed by atoms with Crippen molar-refractivity contribution in [1.29, 1.82) is 0 Å². The van der Waals surface area contributed by atoms with Gasteiger partial charge in [-0.2, -0.15) is 27.0 Å². The topological polar surface area (TPSA) is 269 Å². The smallest absolute Gasteiger partial charge is 0.561 e. The zero-order chi connectivity index (χ0) is 28.5. The fourth-order valence-corrected chi connectivity index (χ4v) is 4.79. The van der Waals surface area contributed by atoms with Crippen LogP contribution in [0, 0.1) is 0 Å². The van der Waals surface area contributed by atoms with Crippen molar-refractivity contribution >= 4 is 47.7 Å². The number of rotatable bonds is 10. The number of phenolic OH excluding ortho intramolecular Hbond substituents is 1. The quantitative estimate of drug-likeness (QED) is 0.102. The fraction of sp³-hybridized carbons (Fsp3) is 0.111. The minimum atomic E-state index is -4.89. The van der Waals surface area contributed by atoms with Crippen molar-refractivity contribution in [2.24, 2.45) is 10.2 Å². The van der Waals surface area contributed by atoms with Crippen molar-refractivity contribution in [2.75, 3.05) is 12.4 Å². The van der Waals surface area contributed by atoms with E-state index in [2.05, 4.69) is 19.5 Å². The van der Waals surface area contributed by atoms with Gasteiger partial charge in [-0.1, -0.05) is 0 Å². The number of nitrogens with zero attached hydrogens (tertiary/aromatic N) is 4. The van der Waals surface area contributed by atoms with Crippen molar-refractivity contribution in [3.05, 3.63) is 58.5 Å². The third-order valence-corrected chi connectivity index (χ3v) is 7.56. The van der Waals surface area contributed by atoms with Crippen molar-refractivity contribution in [2.45, 2.75) is 9.79 Å². The molecule has 0 spiro atoms. The second kappa shape index (κ2) is 11.8. The summed E-state index contributed by atoms with van der Waals surface area (Å²) in [6, 6.07) is 6.59. The first-order valence-corrected chi connectivity index (χ1v) is 14.2. The first-order valence-electron chi connectivity index (χ1n) is 9.70. The molecule has 0 bridgehead atoms. The molecule has 0 saturated heterocycles. The third kappa shape index (κ3) is 7.80. The van der Waals surface area contributed by atoms with Gasteiger partial charge in [-0.3, -0.25) is 13.9 Å². The molecular weight excluding hydrogens is 640 g/mol. The number of aromatic hydroxyl groups is 1. The van der Waals surface area contributed by atoms with Crippen molar-refractivity contribution in [1.82, 2.24) is 9.78 Å². The summed E-state index contributed by atoms with van der Waals surface area (Å²) in [4.78, 5) is 23.4. The van der Waals surface area contributed by atoms with Crippen LogP contribution >= 0.6 is 0 Å². The van der Waals surface area contributed by atoms with Gasteiger partial charge in [0.1, 0.15) is 11.4 Å². The van der Waals surface area contributed by atoms with Gasteiger partial charge in [-0.05, 0) is 42.5 Å². The molecule has 0 aliphatic carbocycles. The van der Waals surface area contributed by atoms with Gasteiger partial charge in [-0.25, -0.2) is 22.4 Å². The first kappa shape index (κ1) is 31.8. The van der Waals surface area contributed by atoms with Gasteiger partial charge in [0.2, 0.25) is 5.56 Å². The monoisotopic (exact) mass is 657 g/mol. The van der Waals surface area contributed by atoms with E-state index in [-0.39, 0.29) is 27.0 Å². The van der Waals surface area contributed by atoms with E-state index in [1.54, 1.807) is 0 Å². The van der Waals surface area contributed by atoms with Gasteiger partial charge in [0, 0.05) is 28.4 Å². The van der Waals surface area contributed by atoms with E-state index in [4.69, 9.17) is 9.11 Å². The van der Waals surface area contributed by atoms with Crippen LogP contribution in [0.25, 0.3) is 5.69 Å². The molecule has 215 valence electrons. The molecule has 0 aliphatic heterocycles. The molecule has 0 unspecified atom stereocenters. The number of sulfone groups is 1. The summed E-state index contributed by atoms with van der Waals surface area (Å²) in [6.45, 7) is -0.926. The SMILES string of the molecule is O=C(O)c1nn(-c2ccc(S(=O)(=O)O)cc2)c(=O)[c-]1N=Nc1cc(S(=O)(=O)CCOS(=O)(=O)O)ccc1O.[Cu].[H+].[H+].[H+]. The normalized spacial score (nSPS) is 12.4. The molecule has 0 aliphatic rings. The predicted octanol–water partition coefficient (Wildman–Crippen LogP) is 0.945. The van der Waals surface area contributed by atoms with E-state index in [0.29, 0.717) is 4.68 Å². The summed E-state index contributed by atoms with van der Waals surface area (Å²) < 4.78 is 90.5. The van der Waals surface area contributed by atoms with Crippen LogP contribution in [0.2, 0.25) is 0 Å². The Balaban J connectivity index is 0. The van der Waals surface area contributed by atoms with Crippen LogP contribution in [-0.4, -0.2) is 72.7 Å². The minimum Gasteiger partial charge on any atom is -0.561 e. The van der Waals surface area contributed by atoms with Gasteiger partial charge < -0.3 is 15.0 Å². The van der Waals surface area contributed by atoms with Crippen molar-refractivity contribution < 1.29 is 74.9 Å². The molecule has 3 rings (SSSR count). The van der Waals surface area contributed by atoms with Gasteiger partial charge in [-0.15, -0.1) is 0 Å². The largest absolute Gasteiger partial charge is 1.00 e. The molecule has 0 amide bonds. The van der Waals surface area contributed by atoms with Crippen molar-refractivity contribution in [3.8, 4) is 11.4 Å². The number of benzene rings is 2. The maximum atomic E-state index is 12.8. The number of aromatic carboxylic acids is 1. The standard InChI is InChI=1S/C18H15N4O13S3.Cu/c23-14-6-5-12(36(27,28)8-7-35-38(32,33)34)9-13(14)19-20-15-16(18(25)26)21-22(17(15)24)10-1-3-11(4-2-10)37(29,30)31;/h1-6,9,23H,7-8H2,(H,25,26)(H,29,30,31)(H,32,33,34);/q-1;/p+3. The molecule has 21 heteroatoms. The molecule has 17 nitrogen and oxygen atoms in total. The van der Waals surface area contributed by atoms with Crippen LogP contribution in [0.3, 0.4) is 0 Å². The average molecular weight is 658 g/mol. The van der Waals surface area contributed by atoms with Crippen LogP contribution in [0.5, 0.6) is 5.75 Å². The van der Waals surface area contributed by atoms with Crippen LogP contribution in [0.15, 0.2) is 67.3 Å². The number of phenols is 1. The molecule has 3 aromatic rings. The summed E-state index contributed by atoms with van der Waals surface area (Å²) in [5.41, 5.74) is -3.47. The molecule has 39 heavy (non-hydrogen) atoms. The minimum absolute atomic E-state index is 0. The molecule has 4 N–H and O–H groups in total. The van der Waals surface area contributed by atoms with E-state index in [0.717, 1.165) is 42.5 Å². The number of carbonyl (C=O) groups is 1. The van der Waals surface area contributed by atoms with Gasteiger partial charge in [0.05, 0.1) is 27.8 Å². The summed E-state index contributed by atoms with van der Waals surface area (Å²) in [5, 5.41) is 30.1. The molecule has 1 aromatic heterocycles. The number of carboxylic acids is 1. The Morgan fingerprint density at radius 2 is 1.62 bits per heavy atom. The third-order valence-electron chi connectivity index (χ3n) is 4.55. The molecule has 0 saturated carbocycles. The van der Waals surface area contributed by atoms with E-state index in [1.165, 1.54) is 0 Å². The molecule has 1 radical (unpaired) electrons. The zero-order valence-corrected chi connectivity index (χ0v) is 22.1. The van der Waals surface area contributed by atoms with Crippen LogP contribution in [-0.2, 0) is 51.6 Å². The number of azo groups is 1. The van der Waals surface area contributed by atoms with Crippen LogP contribution in [0.1, 0.15) is 14.8 Å². The Kier molecular flexibility index (Phi) is 9.58. The second-order valence-electron chi connectivity index (χ2n) is 7.11.